The van der Waals surface area contributed by atoms with Crippen molar-refractivity contribution in [3.8, 4) is 5.75 Å². The van der Waals surface area contributed by atoms with Crippen molar-refractivity contribution < 1.29 is 9.53 Å². The van der Waals surface area contributed by atoms with Crippen LogP contribution in [0.3, 0.4) is 0 Å². The normalized spacial score (nSPS) is 11.2. The van der Waals surface area contributed by atoms with Crippen LogP contribution in [0.4, 0.5) is 5.69 Å². The second kappa shape index (κ2) is 8.02. The molecule has 8 heteroatoms. The first-order chi connectivity index (χ1) is 13.3. The van der Waals surface area contributed by atoms with Crippen LogP contribution < -0.4 is 21.3 Å². The van der Waals surface area contributed by atoms with Gasteiger partial charge in [0.1, 0.15) is 17.1 Å². The summed E-state index contributed by atoms with van der Waals surface area (Å²) in [4.78, 5) is 38.5. The zero-order chi connectivity index (χ0) is 20.4. The lowest BCUT2D eigenvalue weighted by atomic mass is 10.0. The highest BCUT2D eigenvalue weighted by Crippen LogP contribution is 2.25. The van der Waals surface area contributed by atoms with Crippen LogP contribution in [0.2, 0.25) is 0 Å². The third-order valence-electron chi connectivity index (χ3n) is 4.44. The van der Waals surface area contributed by atoms with E-state index in [4.69, 9.17) is 4.74 Å². The molecule has 0 fully saturated rings. The number of nitrogens with one attached hydrogen (secondary N) is 1. The molecule has 7 nitrogen and oxygen atoms in total. The molecule has 1 N–H and O–H groups in total. The number of rotatable bonds is 6. The molecule has 1 amide bonds. The van der Waals surface area contributed by atoms with Crippen LogP contribution in [0.5, 0.6) is 5.75 Å². The van der Waals surface area contributed by atoms with Crippen molar-refractivity contribution in [1.82, 2.24) is 9.13 Å². The van der Waals surface area contributed by atoms with E-state index >= 15 is 0 Å². The predicted molar refractivity (Wildman–Crippen MR) is 111 cm³/mol. The number of fused-ring (bicyclic) bond motifs is 1. The van der Waals surface area contributed by atoms with Gasteiger partial charge in [-0.05, 0) is 35.4 Å². The molecule has 0 aliphatic heterocycles. The van der Waals surface area contributed by atoms with Gasteiger partial charge in [0, 0.05) is 7.05 Å². The van der Waals surface area contributed by atoms with E-state index in [1.165, 1.54) is 30.1 Å². The summed E-state index contributed by atoms with van der Waals surface area (Å²) in [6.45, 7) is 3.96. The number of carbonyl (C=O) groups excluding carboxylic acids is 1. The Morgan fingerprint density at radius 2 is 1.96 bits per heavy atom. The van der Waals surface area contributed by atoms with Gasteiger partial charge in [0.05, 0.1) is 18.2 Å². The standard InChI is InChI=1S/C20H23N3O4S/c1-12(2)9-13-11-28-19-17(13)18(25)22(3)20(26)23(19)10-16(24)21-14-7-5-6-8-15(14)27-4/h5-8,11-12H,9-10H2,1-4H3,(H,21,24). The van der Waals surface area contributed by atoms with E-state index in [1.54, 1.807) is 24.3 Å². The predicted octanol–water partition coefficient (Wildman–Crippen LogP) is 2.61. The second-order valence-corrected chi connectivity index (χ2v) is 7.88. The van der Waals surface area contributed by atoms with Crippen LogP contribution in [0, 0.1) is 5.92 Å². The fourth-order valence-electron chi connectivity index (χ4n) is 3.14. The number of thiophene rings is 1. The summed E-state index contributed by atoms with van der Waals surface area (Å²) in [6.07, 6.45) is 0.737. The molecular weight excluding hydrogens is 378 g/mol. The molecule has 0 aliphatic carbocycles. The maximum Gasteiger partial charge on any atom is 0.332 e. The minimum atomic E-state index is -0.509. The number of hydrogen-bond acceptors (Lipinski definition) is 5. The Kier molecular flexibility index (Phi) is 5.69. The Balaban J connectivity index is 2.01. The van der Waals surface area contributed by atoms with Crippen molar-refractivity contribution in [1.29, 1.82) is 0 Å². The van der Waals surface area contributed by atoms with Crippen LogP contribution >= 0.6 is 11.3 Å². The van der Waals surface area contributed by atoms with Crippen LogP contribution in [0.1, 0.15) is 19.4 Å². The van der Waals surface area contributed by atoms with Crippen molar-refractivity contribution in [2.75, 3.05) is 12.4 Å². The zero-order valence-corrected chi connectivity index (χ0v) is 17.1. The fourth-order valence-corrected chi connectivity index (χ4v) is 4.22. The molecule has 1 aromatic carbocycles. The van der Waals surface area contributed by atoms with Gasteiger partial charge in [-0.25, -0.2) is 4.79 Å². The molecule has 0 bridgehead atoms. The smallest absolute Gasteiger partial charge is 0.332 e. The Morgan fingerprint density at radius 1 is 1.25 bits per heavy atom. The summed E-state index contributed by atoms with van der Waals surface area (Å²) in [5, 5.41) is 5.19. The summed E-state index contributed by atoms with van der Waals surface area (Å²) < 4.78 is 7.66. The van der Waals surface area contributed by atoms with Crippen LogP contribution in [0.25, 0.3) is 10.2 Å². The Bertz CT molecular complexity index is 1140. The average Bonchev–Trinajstić information content (AvgIpc) is 3.06. The van der Waals surface area contributed by atoms with Crippen LogP contribution in [-0.2, 0) is 24.8 Å². The molecule has 0 saturated carbocycles. The minimum absolute atomic E-state index is 0.191. The van der Waals surface area contributed by atoms with Crippen molar-refractivity contribution in [2.45, 2.75) is 26.8 Å². The number of anilines is 1. The number of carbonyl (C=O) groups is 1. The third kappa shape index (κ3) is 3.73. The molecule has 28 heavy (non-hydrogen) atoms. The number of methoxy groups -OCH3 is 1. The average molecular weight is 401 g/mol. The molecule has 0 aliphatic rings. The summed E-state index contributed by atoms with van der Waals surface area (Å²) >= 11 is 1.32. The minimum Gasteiger partial charge on any atom is -0.495 e. The highest BCUT2D eigenvalue weighted by molar-refractivity contribution is 7.17. The summed E-state index contributed by atoms with van der Waals surface area (Å²) in [5.41, 5.74) is 0.606. The van der Waals surface area contributed by atoms with Crippen LogP contribution in [-0.4, -0.2) is 22.2 Å². The molecule has 0 atom stereocenters. The molecular formula is C20H23N3O4S. The topological polar surface area (TPSA) is 82.3 Å². The number of amides is 1. The summed E-state index contributed by atoms with van der Waals surface area (Å²) in [6, 6.07) is 7.05. The highest BCUT2D eigenvalue weighted by atomic mass is 32.1. The molecule has 148 valence electrons. The largest absolute Gasteiger partial charge is 0.495 e. The fraction of sp³-hybridized carbons (Fsp3) is 0.350. The van der Waals surface area contributed by atoms with Crippen molar-refractivity contribution in [2.24, 2.45) is 13.0 Å². The molecule has 0 radical (unpaired) electrons. The second-order valence-electron chi connectivity index (χ2n) is 7.02. The lowest BCUT2D eigenvalue weighted by molar-refractivity contribution is -0.116. The van der Waals surface area contributed by atoms with Gasteiger partial charge >= 0.3 is 5.69 Å². The molecule has 0 saturated heterocycles. The number of aromatic nitrogens is 2. The van der Waals surface area contributed by atoms with Gasteiger partial charge in [0.25, 0.3) is 5.56 Å². The number of nitrogens with zero attached hydrogens (tertiary/aromatic N) is 2. The third-order valence-corrected chi connectivity index (χ3v) is 5.49. The summed E-state index contributed by atoms with van der Waals surface area (Å²) in [7, 11) is 2.96. The van der Waals surface area contributed by atoms with Gasteiger partial charge in [-0.15, -0.1) is 11.3 Å². The van der Waals surface area contributed by atoms with Crippen molar-refractivity contribution in [3.63, 3.8) is 0 Å². The van der Waals surface area contributed by atoms with Gasteiger partial charge in [0.15, 0.2) is 0 Å². The van der Waals surface area contributed by atoms with Gasteiger partial charge in [-0.2, -0.15) is 0 Å². The van der Waals surface area contributed by atoms with E-state index in [0.29, 0.717) is 27.6 Å². The molecule has 3 rings (SSSR count). The van der Waals surface area contributed by atoms with E-state index in [0.717, 1.165) is 16.6 Å². The van der Waals surface area contributed by atoms with E-state index in [-0.39, 0.29) is 18.0 Å². The number of para-hydroxylation sites is 2. The number of ether oxygens (including phenoxy) is 1. The Hall–Kier alpha value is -2.87. The molecule has 2 aromatic heterocycles. The monoisotopic (exact) mass is 401 g/mol. The summed E-state index contributed by atoms with van der Waals surface area (Å²) in [5.74, 6) is 0.534. The number of hydrogen-bond donors (Lipinski definition) is 1. The Morgan fingerprint density at radius 3 is 2.64 bits per heavy atom. The first-order valence-corrected chi connectivity index (χ1v) is 9.84. The first-order valence-electron chi connectivity index (χ1n) is 8.96. The maximum atomic E-state index is 12.7. The van der Waals surface area contributed by atoms with E-state index in [1.807, 2.05) is 5.38 Å². The van der Waals surface area contributed by atoms with Crippen molar-refractivity contribution >= 4 is 33.1 Å². The SMILES string of the molecule is COc1ccccc1NC(=O)Cn1c(=O)n(C)c(=O)c2c(CC(C)C)csc21. The van der Waals surface area contributed by atoms with E-state index in [9.17, 15) is 14.4 Å². The quantitative estimate of drug-likeness (QED) is 0.688. The first kappa shape index (κ1) is 19.9. The maximum absolute atomic E-state index is 12.7. The Labute approximate surface area is 166 Å². The molecule has 0 unspecified atom stereocenters. The van der Waals surface area contributed by atoms with Gasteiger partial charge in [0.2, 0.25) is 5.91 Å². The van der Waals surface area contributed by atoms with Crippen LogP contribution in [0.15, 0.2) is 39.2 Å². The zero-order valence-electron chi connectivity index (χ0n) is 16.3. The lowest BCUT2D eigenvalue weighted by Crippen LogP contribution is -2.40. The van der Waals surface area contributed by atoms with E-state index < -0.39 is 5.69 Å². The lowest BCUT2D eigenvalue weighted by Gasteiger charge is -2.12. The number of benzene rings is 1. The molecule has 2 heterocycles. The van der Waals surface area contributed by atoms with E-state index in [2.05, 4.69) is 19.2 Å². The molecule has 0 spiro atoms. The van der Waals surface area contributed by atoms with Gasteiger partial charge in [-0.1, -0.05) is 26.0 Å². The molecule has 3 aromatic rings. The van der Waals surface area contributed by atoms with Crippen molar-refractivity contribution in [3.05, 3.63) is 56.0 Å². The van der Waals surface area contributed by atoms with Gasteiger partial charge in [-0.3, -0.25) is 18.7 Å². The highest BCUT2D eigenvalue weighted by Gasteiger charge is 2.19. The van der Waals surface area contributed by atoms with Gasteiger partial charge < -0.3 is 10.1 Å².